The van der Waals surface area contributed by atoms with Crippen molar-refractivity contribution in [2.75, 3.05) is 25.6 Å². The van der Waals surface area contributed by atoms with Crippen molar-refractivity contribution in [1.82, 2.24) is 25.6 Å². The fourth-order valence-electron chi connectivity index (χ4n) is 3.93. The molecule has 3 aromatic rings. The second kappa shape index (κ2) is 11.2. The average molecular weight is 548 g/mol. The topological polar surface area (TPSA) is 127 Å². The number of carbonyl (C=O) groups is 2. The first kappa shape index (κ1) is 27.7. The minimum atomic E-state index is -4.76. The van der Waals surface area contributed by atoms with Crippen LogP contribution in [0.25, 0.3) is 0 Å². The van der Waals surface area contributed by atoms with Crippen molar-refractivity contribution in [3.05, 3.63) is 71.1 Å². The third-order valence-corrected chi connectivity index (χ3v) is 6.05. The quantitative estimate of drug-likeness (QED) is 0.366. The molecule has 0 aliphatic carbocycles. The predicted octanol–water partition coefficient (Wildman–Crippen LogP) is 3.30. The Morgan fingerprint density at radius 3 is 2.49 bits per heavy atom. The van der Waals surface area contributed by atoms with Gasteiger partial charge in [0, 0.05) is 25.4 Å². The van der Waals surface area contributed by atoms with Gasteiger partial charge in [-0.05, 0) is 36.8 Å². The molecule has 10 nitrogen and oxygen atoms in total. The van der Waals surface area contributed by atoms with E-state index < -0.39 is 34.9 Å². The lowest BCUT2D eigenvalue weighted by Gasteiger charge is -2.27. The zero-order valence-electron chi connectivity index (χ0n) is 20.9. The molecule has 1 aliphatic heterocycles. The molecule has 1 atom stereocenters. The van der Waals surface area contributed by atoms with E-state index in [1.807, 2.05) is 0 Å². The highest BCUT2D eigenvalue weighted by Gasteiger charge is 2.44. The van der Waals surface area contributed by atoms with E-state index >= 15 is 0 Å². The summed E-state index contributed by atoms with van der Waals surface area (Å²) in [4.78, 5) is 37.9. The van der Waals surface area contributed by atoms with Gasteiger partial charge in [-0.15, -0.1) is 0 Å². The van der Waals surface area contributed by atoms with Gasteiger partial charge in [0.15, 0.2) is 0 Å². The van der Waals surface area contributed by atoms with Crippen LogP contribution in [0.5, 0.6) is 6.01 Å². The van der Waals surface area contributed by atoms with Crippen LogP contribution >= 0.6 is 0 Å². The maximum absolute atomic E-state index is 13.4. The number of nitrogens with zero attached hydrogens (tertiary/aromatic N) is 3. The van der Waals surface area contributed by atoms with Gasteiger partial charge in [-0.2, -0.15) is 13.2 Å². The molecule has 39 heavy (non-hydrogen) atoms. The summed E-state index contributed by atoms with van der Waals surface area (Å²) in [5, 5.41) is 8.07. The molecule has 1 fully saturated rings. The molecule has 3 heterocycles. The number of aryl methyl sites for hydroxylation is 1. The van der Waals surface area contributed by atoms with Crippen LogP contribution in [0.3, 0.4) is 0 Å². The van der Waals surface area contributed by atoms with E-state index in [2.05, 4.69) is 30.9 Å². The minimum Gasteiger partial charge on any atom is -0.467 e. The number of pyridine rings is 1. The van der Waals surface area contributed by atoms with Gasteiger partial charge in [0.1, 0.15) is 11.4 Å². The number of amides is 2. The monoisotopic (exact) mass is 548 g/mol. The van der Waals surface area contributed by atoms with Crippen molar-refractivity contribution in [2.24, 2.45) is 0 Å². The maximum Gasteiger partial charge on any atom is 0.418 e. The van der Waals surface area contributed by atoms with E-state index in [1.54, 1.807) is 13.0 Å². The Bertz CT molecular complexity index is 1360. The van der Waals surface area contributed by atoms with Crippen LogP contribution in [-0.2, 0) is 22.3 Å². The summed E-state index contributed by atoms with van der Waals surface area (Å²) in [6.07, 6.45) is -0.676. The van der Waals surface area contributed by atoms with E-state index in [1.165, 1.54) is 25.7 Å². The first-order valence-electron chi connectivity index (χ1n) is 11.6. The number of ether oxygens (including phenoxy) is 2. The van der Waals surface area contributed by atoms with Crippen LogP contribution in [0, 0.1) is 12.7 Å². The Hall–Kier alpha value is -4.33. The summed E-state index contributed by atoms with van der Waals surface area (Å²) < 4.78 is 63.6. The van der Waals surface area contributed by atoms with Crippen molar-refractivity contribution < 1.29 is 36.6 Å². The number of halogens is 4. The van der Waals surface area contributed by atoms with Crippen molar-refractivity contribution in [3.8, 4) is 6.01 Å². The number of rotatable bonds is 8. The second-order valence-corrected chi connectivity index (χ2v) is 8.78. The van der Waals surface area contributed by atoms with Gasteiger partial charge in [0.05, 0.1) is 54.7 Å². The SMILES string of the molecule is COc1ncc(C(=O)N[C@@]2(C(=O)NCc3ncc(Nc4ccc(F)cc4C(F)(F)F)cc3C)CCOC2)cn1. The van der Waals surface area contributed by atoms with Gasteiger partial charge >= 0.3 is 12.2 Å². The minimum absolute atomic E-state index is 0.0153. The fourth-order valence-corrected chi connectivity index (χ4v) is 3.93. The smallest absolute Gasteiger partial charge is 0.418 e. The molecule has 4 rings (SSSR count). The first-order valence-corrected chi connectivity index (χ1v) is 11.6. The molecule has 1 aliphatic rings. The van der Waals surface area contributed by atoms with Crippen LogP contribution in [-0.4, -0.2) is 52.6 Å². The zero-order valence-corrected chi connectivity index (χ0v) is 20.9. The lowest BCUT2D eigenvalue weighted by molar-refractivity contribution is -0.137. The van der Waals surface area contributed by atoms with E-state index in [0.717, 1.165) is 12.1 Å². The normalized spacial score (nSPS) is 17.0. The molecule has 1 aromatic carbocycles. The van der Waals surface area contributed by atoms with E-state index in [4.69, 9.17) is 9.47 Å². The largest absolute Gasteiger partial charge is 0.467 e. The summed E-state index contributed by atoms with van der Waals surface area (Å²) in [7, 11) is 1.39. The molecule has 3 N–H and O–H groups in total. The van der Waals surface area contributed by atoms with Gasteiger partial charge in [-0.25, -0.2) is 14.4 Å². The lowest BCUT2D eigenvalue weighted by atomic mass is 9.96. The Kier molecular flexibility index (Phi) is 7.95. The van der Waals surface area contributed by atoms with Crippen LogP contribution in [0.2, 0.25) is 0 Å². The van der Waals surface area contributed by atoms with Crippen LogP contribution in [0.4, 0.5) is 28.9 Å². The number of carbonyl (C=O) groups excluding carboxylic acids is 2. The highest BCUT2D eigenvalue weighted by Crippen LogP contribution is 2.36. The first-order chi connectivity index (χ1) is 18.5. The second-order valence-electron chi connectivity index (χ2n) is 8.78. The Morgan fingerprint density at radius 2 is 1.87 bits per heavy atom. The molecule has 0 spiro atoms. The Labute approximate surface area is 220 Å². The van der Waals surface area contributed by atoms with Crippen molar-refractivity contribution in [2.45, 2.75) is 31.6 Å². The van der Waals surface area contributed by atoms with Crippen LogP contribution in [0.15, 0.2) is 42.9 Å². The molecular weight excluding hydrogens is 524 g/mol. The summed E-state index contributed by atoms with van der Waals surface area (Å²) in [6.45, 7) is 1.87. The number of aromatic nitrogens is 3. The van der Waals surface area contributed by atoms with Crippen LogP contribution in [0.1, 0.15) is 33.6 Å². The van der Waals surface area contributed by atoms with E-state index in [9.17, 15) is 27.2 Å². The molecule has 0 saturated carbocycles. The van der Waals surface area contributed by atoms with Gasteiger partial charge in [0.25, 0.3) is 5.91 Å². The lowest BCUT2D eigenvalue weighted by Crippen LogP contribution is -2.59. The third kappa shape index (κ3) is 6.39. The molecule has 0 radical (unpaired) electrons. The summed E-state index contributed by atoms with van der Waals surface area (Å²) in [6, 6.07) is 3.97. The van der Waals surface area contributed by atoms with Gasteiger partial charge in [0.2, 0.25) is 5.91 Å². The molecule has 1 saturated heterocycles. The number of methoxy groups -OCH3 is 1. The highest BCUT2D eigenvalue weighted by atomic mass is 19.4. The standard InChI is InChI=1S/C25H24F4N6O4/c1-14-7-17(34-19-4-3-16(26)8-18(19)25(27,28)29)11-30-20(14)12-31-22(37)24(5-6-39-13-24)35-21(36)15-9-32-23(38-2)33-10-15/h3-4,7-11,34H,5-6,12-13H2,1-2H3,(H,31,37)(H,35,36)/t24-/m0/s1. The van der Waals surface area contributed by atoms with Gasteiger partial charge in [-0.3, -0.25) is 14.6 Å². The molecule has 2 aromatic heterocycles. The molecule has 0 unspecified atom stereocenters. The van der Waals surface area contributed by atoms with E-state index in [-0.39, 0.29) is 49.1 Å². The average Bonchev–Trinajstić information content (AvgIpc) is 3.38. The summed E-state index contributed by atoms with van der Waals surface area (Å²) >= 11 is 0. The van der Waals surface area contributed by atoms with Gasteiger partial charge in [-0.1, -0.05) is 0 Å². The molecule has 14 heteroatoms. The van der Waals surface area contributed by atoms with Crippen molar-refractivity contribution in [3.63, 3.8) is 0 Å². The molecule has 2 amide bonds. The fraction of sp³-hybridized carbons (Fsp3) is 0.320. The number of nitrogens with one attached hydrogen (secondary N) is 3. The van der Waals surface area contributed by atoms with Crippen LogP contribution < -0.4 is 20.7 Å². The van der Waals surface area contributed by atoms with Gasteiger partial charge < -0.3 is 25.4 Å². The molecule has 206 valence electrons. The summed E-state index contributed by atoms with van der Waals surface area (Å²) in [5.41, 5.74) is -1.40. The molecular formula is C25H24F4N6O4. The predicted molar refractivity (Wildman–Crippen MR) is 130 cm³/mol. The highest BCUT2D eigenvalue weighted by molar-refractivity contribution is 5.99. The van der Waals surface area contributed by atoms with Crippen molar-refractivity contribution in [1.29, 1.82) is 0 Å². The third-order valence-electron chi connectivity index (χ3n) is 6.05. The zero-order chi connectivity index (χ0) is 28.2. The van der Waals surface area contributed by atoms with E-state index in [0.29, 0.717) is 17.3 Å². The number of benzene rings is 1. The molecule has 0 bridgehead atoms. The number of anilines is 2. The summed E-state index contributed by atoms with van der Waals surface area (Å²) in [5.74, 6) is -2.07. The number of hydrogen-bond donors (Lipinski definition) is 3. The number of alkyl halides is 3. The Balaban J connectivity index is 1.43. The Morgan fingerprint density at radius 1 is 1.13 bits per heavy atom. The maximum atomic E-state index is 13.4. The number of hydrogen-bond acceptors (Lipinski definition) is 8. The van der Waals surface area contributed by atoms with Crippen molar-refractivity contribution >= 4 is 23.2 Å².